The fraction of sp³-hybridized carbons (Fsp3) is 0.594. The van der Waals surface area contributed by atoms with Gasteiger partial charge in [-0.3, -0.25) is 15.0 Å². The molecule has 1 unspecified atom stereocenters. The summed E-state index contributed by atoms with van der Waals surface area (Å²) >= 11 is 1.62. The summed E-state index contributed by atoms with van der Waals surface area (Å²) in [7, 11) is 0. The highest BCUT2D eigenvalue weighted by atomic mass is 32.2. The van der Waals surface area contributed by atoms with E-state index in [1.165, 1.54) is 25.7 Å². The number of phenolic OH excluding ortho intramolecular Hbond substituents is 1. The van der Waals surface area contributed by atoms with Crippen molar-refractivity contribution in [1.29, 1.82) is 0 Å². The van der Waals surface area contributed by atoms with Gasteiger partial charge in [0.1, 0.15) is 12.0 Å². The summed E-state index contributed by atoms with van der Waals surface area (Å²) in [6.07, 6.45) is 3.73. The van der Waals surface area contributed by atoms with Gasteiger partial charge in [-0.1, -0.05) is 49.6 Å². The molecule has 1 amide bonds. The molecule has 6 atom stereocenters. The Balaban J connectivity index is 1.53. The first-order valence-electron chi connectivity index (χ1n) is 14.7. The molecule has 4 rings (SSSR count). The number of piperidine rings is 1. The monoisotopic (exact) mass is 569 g/mol. The normalized spacial score (nSPS) is 24.1. The molecule has 2 aromatic carbocycles. The molecule has 0 radical (unpaired) electrons. The van der Waals surface area contributed by atoms with Gasteiger partial charge in [0.25, 0.3) is 0 Å². The number of nitrogens with zero attached hydrogens (tertiary/aromatic N) is 1. The highest BCUT2D eigenvalue weighted by Crippen LogP contribution is 2.39. The number of rotatable bonds is 10. The minimum absolute atomic E-state index is 0.0299. The van der Waals surface area contributed by atoms with Crippen LogP contribution in [0.15, 0.2) is 53.4 Å². The molecule has 8 heteroatoms. The Hall–Kier alpha value is -2.10. The number of nitrogens with one attached hydrogen (secondary N) is 2. The van der Waals surface area contributed by atoms with Crippen molar-refractivity contribution in [2.45, 2.75) is 94.6 Å². The lowest BCUT2D eigenvalue weighted by atomic mass is 9.72. The molecule has 1 saturated heterocycles. The molecule has 1 saturated carbocycles. The van der Waals surface area contributed by atoms with E-state index in [4.69, 9.17) is 0 Å². The average Bonchev–Trinajstić information content (AvgIpc) is 2.91. The molecule has 220 valence electrons. The van der Waals surface area contributed by atoms with Crippen LogP contribution in [0, 0.1) is 18.8 Å². The number of carbonyl (C=O) groups excluding carboxylic acids is 1. The van der Waals surface area contributed by atoms with Gasteiger partial charge in [-0.15, -0.1) is 11.8 Å². The number of carbonyl (C=O) groups is 1. The van der Waals surface area contributed by atoms with Gasteiger partial charge in [-0.05, 0) is 76.1 Å². The second-order valence-electron chi connectivity index (χ2n) is 12.6. The van der Waals surface area contributed by atoms with E-state index in [0.717, 1.165) is 17.9 Å². The summed E-state index contributed by atoms with van der Waals surface area (Å²) < 4.78 is 0. The van der Waals surface area contributed by atoms with Gasteiger partial charge in [0.2, 0.25) is 5.91 Å². The Morgan fingerprint density at radius 1 is 1.05 bits per heavy atom. The highest BCUT2D eigenvalue weighted by Gasteiger charge is 2.41. The third kappa shape index (κ3) is 8.23. The number of aliphatic hydroxyl groups is 2. The summed E-state index contributed by atoms with van der Waals surface area (Å²) in [5.74, 6) is 1.78. The van der Waals surface area contributed by atoms with Crippen molar-refractivity contribution in [2.24, 2.45) is 11.8 Å². The number of hydrogen-bond donors (Lipinski definition) is 5. The third-order valence-corrected chi connectivity index (χ3v) is 9.51. The number of β-amino-alcohol motifs (C(OH)–C–C–N with tert-alkyl or cyclic N) is 1. The van der Waals surface area contributed by atoms with Crippen LogP contribution in [-0.4, -0.2) is 68.7 Å². The van der Waals surface area contributed by atoms with Crippen molar-refractivity contribution < 1.29 is 20.1 Å². The number of hydrogen-bond acceptors (Lipinski definition) is 7. The van der Waals surface area contributed by atoms with Crippen LogP contribution < -0.4 is 10.6 Å². The van der Waals surface area contributed by atoms with E-state index in [-0.39, 0.29) is 23.2 Å². The third-order valence-electron chi connectivity index (χ3n) is 8.38. The number of amides is 1. The Labute approximate surface area is 243 Å². The molecule has 1 heterocycles. The maximum atomic E-state index is 13.5. The van der Waals surface area contributed by atoms with Crippen LogP contribution in [0.1, 0.15) is 70.2 Å². The zero-order chi connectivity index (χ0) is 28.9. The molecule has 0 aromatic heterocycles. The Morgan fingerprint density at radius 2 is 1.75 bits per heavy atom. The Morgan fingerprint density at radius 3 is 2.45 bits per heavy atom. The van der Waals surface area contributed by atoms with Crippen molar-refractivity contribution in [2.75, 3.05) is 18.8 Å². The molecule has 2 fully saturated rings. The van der Waals surface area contributed by atoms with Gasteiger partial charge in [0.15, 0.2) is 0 Å². The van der Waals surface area contributed by atoms with E-state index in [0.29, 0.717) is 35.3 Å². The van der Waals surface area contributed by atoms with Crippen molar-refractivity contribution in [3.8, 4) is 5.75 Å². The number of phenols is 1. The van der Waals surface area contributed by atoms with Crippen LogP contribution in [0.4, 0.5) is 0 Å². The summed E-state index contributed by atoms with van der Waals surface area (Å²) in [6.45, 7) is 8.92. The van der Waals surface area contributed by atoms with Crippen molar-refractivity contribution >= 4 is 17.7 Å². The van der Waals surface area contributed by atoms with Crippen LogP contribution >= 0.6 is 11.8 Å². The smallest absolute Gasteiger partial charge is 0.237 e. The lowest BCUT2D eigenvalue weighted by Crippen LogP contribution is -2.60. The van der Waals surface area contributed by atoms with Crippen molar-refractivity contribution in [1.82, 2.24) is 15.5 Å². The molecule has 2 aliphatic rings. The lowest BCUT2D eigenvalue weighted by molar-refractivity contribution is -0.132. The Bertz CT molecular complexity index is 1110. The minimum atomic E-state index is -1.06. The van der Waals surface area contributed by atoms with E-state index in [1.54, 1.807) is 36.9 Å². The first-order valence-corrected chi connectivity index (χ1v) is 15.6. The van der Waals surface area contributed by atoms with E-state index in [9.17, 15) is 20.1 Å². The zero-order valence-electron chi connectivity index (χ0n) is 24.3. The predicted octanol–water partition coefficient (Wildman–Crippen LogP) is 4.60. The second-order valence-corrected chi connectivity index (χ2v) is 13.7. The van der Waals surface area contributed by atoms with Gasteiger partial charge < -0.3 is 20.6 Å². The number of thioether (sulfide) groups is 1. The van der Waals surface area contributed by atoms with Gasteiger partial charge >= 0.3 is 0 Å². The SMILES string of the molecule is Cc1c(O)cccc1C(O)N[C@H](CSc1ccccc1)[C@H](O)CN1C[C@H]2CCCC[C@H]2C[C@H]1C(=O)NC(C)(C)C. The molecule has 5 N–H and O–H groups in total. The quantitative estimate of drug-likeness (QED) is 0.210. The maximum Gasteiger partial charge on any atom is 0.237 e. The fourth-order valence-corrected chi connectivity index (χ4v) is 7.24. The standard InChI is InChI=1S/C32H47N3O4S/c1-21-25(15-10-16-28(21)36)30(38)33-26(20-40-24-13-6-5-7-14-24)29(37)19-35-18-23-12-9-8-11-22(23)17-27(35)31(39)34-32(2,3)4/h5-7,10,13-16,22-23,26-27,29-30,33,36-38H,8-9,11-12,17-20H2,1-4H3,(H,34,39)/t22-,23+,26+,27-,29+,30?/m0/s1. The van der Waals surface area contributed by atoms with E-state index in [2.05, 4.69) is 15.5 Å². The van der Waals surface area contributed by atoms with E-state index >= 15 is 0 Å². The summed E-state index contributed by atoms with van der Waals surface area (Å²) in [4.78, 5) is 16.7. The van der Waals surface area contributed by atoms with Crippen molar-refractivity contribution in [3.63, 3.8) is 0 Å². The summed E-state index contributed by atoms with van der Waals surface area (Å²) in [5, 5.41) is 39.4. The summed E-state index contributed by atoms with van der Waals surface area (Å²) in [5.41, 5.74) is 0.849. The number of benzene rings is 2. The largest absolute Gasteiger partial charge is 0.508 e. The van der Waals surface area contributed by atoms with Crippen LogP contribution in [0.5, 0.6) is 5.75 Å². The van der Waals surface area contributed by atoms with Crippen LogP contribution in [-0.2, 0) is 4.79 Å². The first-order chi connectivity index (χ1) is 19.0. The second kappa shape index (κ2) is 13.7. The number of fused-ring (bicyclic) bond motifs is 1. The highest BCUT2D eigenvalue weighted by molar-refractivity contribution is 7.99. The predicted molar refractivity (Wildman–Crippen MR) is 161 cm³/mol. The maximum absolute atomic E-state index is 13.5. The molecule has 7 nitrogen and oxygen atoms in total. The first kappa shape index (κ1) is 30.8. The molecule has 0 spiro atoms. The van der Waals surface area contributed by atoms with Gasteiger partial charge in [0.05, 0.1) is 12.1 Å². The fourth-order valence-electron chi connectivity index (χ4n) is 6.20. The molecule has 1 aliphatic carbocycles. The molecule has 1 aliphatic heterocycles. The zero-order valence-corrected chi connectivity index (χ0v) is 25.2. The van der Waals surface area contributed by atoms with Crippen LogP contribution in [0.3, 0.4) is 0 Å². The number of likely N-dealkylation sites (tertiary alicyclic amines) is 1. The van der Waals surface area contributed by atoms with Crippen LogP contribution in [0.2, 0.25) is 0 Å². The minimum Gasteiger partial charge on any atom is -0.508 e. The molecular formula is C32H47N3O4S. The molecule has 40 heavy (non-hydrogen) atoms. The molecule has 0 bridgehead atoms. The van der Waals surface area contributed by atoms with Gasteiger partial charge in [-0.25, -0.2) is 0 Å². The van der Waals surface area contributed by atoms with Crippen LogP contribution in [0.25, 0.3) is 0 Å². The topological polar surface area (TPSA) is 105 Å². The molecular weight excluding hydrogens is 522 g/mol. The molecule has 2 aromatic rings. The lowest BCUT2D eigenvalue weighted by Gasteiger charge is -2.47. The van der Waals surface area contributed by atoms with Gasteiger partial charge in [0, 0.05) is 40.9 Å². The van der Waals surface area contributed by atoms with Gasteiger partial charge in [-0.2, -0.15) is 0 Å². The number of aromatic hydroxyl groups is 1. The average molecular weight is 570 g/mol. The Kier molecular flexibility index (Phi) is 10.6. The summed E-state index contributed by atoms with van der Waals surface area (Å²) in [6, 6.07) is 14.3. The van der Waals surface area contributed by atoms with Crippen molar-refractivity contribution in [3.05, 3.63) is 59.7 Å². The van der Waals surface area contributed by atoms with E-state index < -0.39 is 18.4 Å². The van der Waals surface area contributed by atoms with E-state index in [1.807, 2.05) is 51.1 Å². The number of aliphatic hydroxyl groups excluding tert-OH is 2.